The minimum absolute atomic E-state index is 0.128. The van der Waals surface area contributed by atoms with Crippen LogP contribution in [0.15, 0.2) is 30.6 Å². The second-order valence-corrected chi connectivity index (χ2v) is 6.56. The van der Waals surface area contributed by atoms with Gasteiger partial charge in [0.2, 0.25) is 5.91 Å². The molecule has 4 rings (SSSR count). The van der Waals surface area contributed by atoms with E-state index in [4.69, 9.17) is 0 Å². The van der Waals surface area contributed by atoms with Gasteiger partial charge in [-0.05, 0) is 55.9 Å². The highest BCUT2D eigenvalue weighted by molar-refractivity contribution is 5.94. The molecule has 1 unspecified atom stereocenters. The molecule has 2 aliphatic rings. The van der Waals surface area contributed by atoms with Crippen molar-refractivity contribution in [2.75, 3.05) is 4.90 Å². The Morgan fingerprint density at radius 1 is 1.23 bits per heavy atom. The molecule has 114 valence electrons. The molecule has 0 N–H and O–H groups in total. The van der Waals surface area contributed by atoms with E-state index in [9.17, 15) is 4.79 Å². The van der Waals surface area contributed by atoms with Crippen LogP contribution >= 0.6 is 0 Å². The van der Waals surface area contributed by atoms with Gasteiger partial charge in [-0.1, -0.05) is 6.07 Å². The van der Waals surface area contributed by atoms with Crippen LogP contribution in [-0.2, 0) is 11.2 Å². The summed E-state index contributed by atoms with van der Waals surface area (Å²) < 4.78 is 2.08. The molecule has 0 radical (unpaired) electrons. The molecule has 1 atom stereocenters. The Bertz CT molecular complexity index is 730. The summed E-state index contributed by atoms with van der Waals surface area (Å²) in [6, 6.07) is 7.33. The molecule has 2 heterocycles. The lowest BCUT2D eigenvalue weighted by molar-refractivity contribution is -0.117. The molecule has 0 spiro atoms. The minimum Gasteiger partial charge on any atom is -0.310 e. The molecule has 1 amide bonds. The van der Waals surface area contributed by atoms with Gasteiger partial charge in [0, 0.05) is 30.4 Å². The number of benzene rings is 1. The summed E-state index contributed by atoms with van der Waals surface area (Å²) in [6.45, 7) is 3.77. The number of rotatable bonds is 2. The molecule has 4 nitrogen and oxygen atoms in total. The molecule has 1 aromatic heterocycles. The van der Waals surface area contributed by atoms with Crippen molar-refractivity contribution in [3.8, 4) is 11.1 Å². The second kappa shape index (κ2) is 4.97. The van der Waals surface area contributed by atoms with Crippen molar-refractivity contribution in [1.29, 1.82) is 0 Å². The third kappa shape index (κ3) is 2.23. The van der Waals surface area contributed by atoms with Gasteiger partial charge in [0.25, 0.3) is 0 Å². The first-order valence-electron chi connectivity index (χ1n) is 8.11. The SMILES string of the molecule is CC(=O)N1c2ccc(-c3cnn(C4CC4)c3)cc2CCC1C. The van der Waals surface area contributed by atoms with Crippen molar-refractivity contribution in [1.82, 2.24) is 9.78 Å². The Morgan fingerprint density at radius 3 is 2.77 bits per heavy atom. The average molecular weight is 295 g/mol. The lowest BCUT2D eigenvalue weighted by Crippen LogP contribution is -2.40. The van der Waals surface area contributed by atoms with Crippen LogP contribution in [0.25, 0.3) is 11.1 Å². The number of aromatic nitrogens is 2. The van der Waals surface area contributed by atoms with Crippen LogP contribution in [0.3, 0.4) is 0 Å². The first-order chi connectivity index (χ1) is 10.6. The van der Waals surface area contributed by atoms with Gasteiger partial charge in [-0.25, -0.2) is 0 Å². The smallest absolute Gasteiger partial charge is 0.224 e. The fourth-order valence-electron chi connectivity index (χ4n) is 3.44. The molecule has 1 aliphatic heterocycles. The fourth-order valence-corrected chi connectivity index (χ4v) is 3.44. The van der Waals surface area contributed by atoms with Crippen LogP contribution in [-0.4, -0.2) is 21.7 Å². The van der Waals surface area contributed by atoms with E-state index in [2.05, 4.69) is 41.1 Å². The van der Waals surface area contributed by atoms with Gasteiger partial charge in [0.1, 0.15) is 0 Å². The van der Waals surface area contributed by atoms with Gasteiger partial charge in [-0.2, -0.15) is 5.10 Å². The summed E-state index contributed by atoms with van der Waals surface area (Å²) in [5.41, 5.74) is 4.71. The molecule has 4 heteroatoms. The minimum atomic E-state index is 0.128. The highest BCUT2D eigenvalue weighted by atomic mass is 16.2. The number of nitrogens with zero attached hydrogens (tertiary/aromatic N) is 3. The van der Waals surface area contributed by atoms with E-state index < -0.39 is 0 Å². The number of anilines is 1. The number of hydrogen-bond acceptors (Lipinski definition) is 2. The van der Waals surface area contributed by atoms with Crippen LogP contribution in [0.2, 0.25) is 0 Å². The monoisotopic (exact) mass is 295 g/mol. The molecule has 2 aromatic rings. The summed E-state index contributed by atoms with van der Waals surface area (Å²) in [5, 5.41) is 4.47. The van der Waals surface area contributed by atoms with Gasteiger partial charge >= 0.3 is 0 Å². The number of aryl methyl sites for hydroxylation is 1. The first kappa shape index (κ1) is 13.6. The Labute approximate surface area is 130 Å². The molecule has 1 saturated carbocycles. The van der Waals surface area contributed by atoms with Crippen molar-refractivity contribution < 1.29 is 4.79 Å². The first-order valence-corrected chi connectivity index (χ1v) is 8.11. The van der Waals surface area contributed by atoms with E-state index in [1.165, 1.54) is 29.5 Å². The maximum absolute atomic E-state index is 11.9. The van der Waals surface area contributed by atoms with Crippen molar-refractivity contribution in [3.63, 3.8) is 0 Å². The third-order valence-corrected chi connectivity index (χ3v) is 4.81. The Morgan fingerprint density at radius 2 is 2.05 bits per heavy atom. The lowest BCUT2D eigenvalue weighted by Gasteiger charge is -2.34. The Hall–Kier alpha value is -2.10. The summed E-state index contributed by atoms with van der Waals surface area (Å²) in [4.78, 5) is 13.9. The molecule has 0 saturated heterocycles. The van der Waals surface area contributed by atoms with Gasteiger partial charge in [-0.3, -0.25) is 9.48 Å². The predicted molar refractivity (Wildman–Crippen MR) is 86.9 cm³/mol. The summed E-state index contributed by atoms with van der Waals surface area (Å²) in [7, 11) is 0. The van der Waals surface area contributed by atoms with Crippen LogP contribution in [0.4, 0.5) is 5.69 Å². The number of carbonyl (C=O) groups is 1. The van der Waals surface area contributed by atoms with E-state index in [0.717, 1.165) is 18.5 Å². The predicted octanol–water partition coefficient (Wildman–Crippen LogP) is 3.57. The average Bonchev–Trinajstić information content (AvgIpc) is 3.24. The van der Waals surface area contributed by atoms with E-state index >= 15 is 0 Å². The molecular formula is C18H21N3O. The van der Waals surface area contributed by atoms with E-state index in [-0.39, 0.29) is 11.9 Å². The Balaban J connectivity index is 1.70. The maximum Gasteiger partial charge on any atom is 0.224 e. The second-order valence-electron chi connectivity index (χ2n) is 6.56. The summed E-state index contributed by atoms with van der Waals surface area (Å²) in [5.74, 6) is 0.128. The zero-order chi connectivity index (χ0) is 15.3. The lowest BCUT2D eigenvalue weighted by atomic mass is 9.94. The number of carbonyl (C=O) groups excluding carboxylic acids is 1. The van der Waals surface area contributed by atoms with Crippen LogP contribution in [0, 0.1) is 0 Å². The van der Waals surface area contributed by atoms with E-state index in [0.29, 0.717) is 6.04 Å². The summed E-state index contributed by atoms with van der Waals surface area (Å²) in [6.07, 6.45) is 8.65. The van der Waals surface area contributed by atoms with E-state index in [1.54, 1.807) is 6.92 Å². The van der Waals surface area contributed by atoms with Crippen molar-refractivity contribution in [2.24, 2.45) is 0 Å². The topological polar surface area (TPSA) is 38.1 Å². The highest BCUT2D eigenvalue weighted by Gasteiger charge is 2.27. The van der Waals surface area contributed by atoms with Crippen LogP contribution in [0.5, 0.6) is 0 Å². The fraction of sp³-hybridized carbons (Fsp3) is 0.444. The zero-order valence-electron chi connectivity index (χ0n) is 13.1. The molecule has 22 heavy (non-hydrogen) atoms. The largest absolute Gasteiger partial charge is 0.310 e. The molecule has 1 fully saturated rings. The van der Waals surface area contributed by atoms with Gasteiger partial charge < -0.3 is 4.90 Å². The third-order valence-electron chi connectivity index (χ3n) is 4.81. The van der Waals surface area contributed by atoms with Crippen LogP contribution < -0.4 is 4.90 Å². The normalized spacial score (nSPS) is 20.8. The standard InChI is InChI=1S/C18H21N3O/c1-12-3-4-15-9-14(5-8-18(15)21(12)13(2)22)16-10-19-20(11-16)17-6-7-17/h5,8-12,17H,3-4,6-7H2,1-2H3. The van der Waals surface area contributed by atoms with Crippen LogP contribution in [0.1, 0.15) is 44.7 Å². The van der Waals surface area contributed by atoms with Gasteiger partial charge in [-0.15, -0.1) is 0 Å². The number of amides is 1. The maximum atomic E-state index is 11.9. The summed E-state index contributed by atoms with van der Waals surface area (Å²) >= 11 is 0. The molecule has 0 bridgehead atoms. The van der Waals surface area contributed by atoms with Crippen molar-refractivity contribution >= 4 is 11.6 Å². The van der Waals surface area contributed by atoms with E-state index in [1.807, 2.05) is 11.1 Å². The molecule has 1 aliphatic carbocycles. The number of fused-ring (bicyclic) bond motifs is 1. The Kier molecular flexibility index (Phi) is 3.06. The highest BCUT2D eigenvalue weighted by Crippen LogP contribution is 2.37. The van der Waals surface area contributed by atoms with Gasteiger partial charge in [0.15, 0.2) is 0 Å². The zero-order valence-corrected chi connectivity index (χ0v) is 13.1. The number of hydrogen-bond donors (Lipinski definition) is 0. The quantitative estimate of drug-likeness (QED) is 0.849. The molecule has 1 aromatic carbocycles. The van der Waals surface area contributed by atoms with Crippen molar-refractivity contribution in [2.45, 2.75) is 51.6 Å². The van der Waals surface area contributed by atoms with Gasteiger partial charge in [0.05, 0.1) is 12.2 Å². The molecular weight excluding hydrogens is 274 g/mol. The van der Waals surface area contributed by atoms with Crippen molar-refractivity contribution in [3.05, 3.63) is 36.2 Å².